The van der Waals surface area contributed by atoms with Crippen molar-refractivity contribution in [2.24, 2.45) is 11.8 Å². The van der Waals surface area contributed by atoms with Crippen LogP contribution in [-0.2, 0) is 28.6 Å². The van der Waals surface area contributed by atoms with Gasteiger partial charge in [-0.3, -0.25) is 14.4 Å². The Kier molecular flexibility index (Phi) is 40.8. The highest BCUT2D eigenvalue weighted by Gasteiger charge is 2.19. The first-order valence-corrected chi connectivity index (χ1v) is 24.2. The second-order valence-electron chi connectivity index (χ2n) is 17.7. The van der Waals surface area contributed by atoms with Gasteiger partial charge < -0.3 is 14.2 Å². The SMILES string of the molecule is CCCCCCCCCCCC(=O)O[C@@H](COC(=O)CCCCCCCCCCCCCCC(C)C)COC(=O)CCCCCCCCCCCCC(C)C. The zero-order valence-electron chi connectivity index (χ0n) is 37.6. The summed E-state index contributed by atoms with van der Waals surface area (Å²) in [5.41, 5.74) is 0. The fraction of sp³-hybridized carbons (Fsp3) is 0.939. The monoisotopic (exact) mass is 779 g/mol. The van der Waals surface area contributed by atoms with Gasteiger partial charge in [0.05, 0.1) is 0 Å². The van der Waals surface area contributed by atoms with Crippen molar-refractivity contribution >= 4 is 17.9 Å². The Morgan fingerprint density at radius 2 is 0.600 bits per heavy atom. The second-order valence-corrected chi connectivity index (χ2v) is 17.7. The summed E-state index contributed by atoms with van der Waals surface area (Å²) in [5.74, 6) is 0.797. The molecule has 326 valence electrons. The topological polar surface area (TPSA) is 78.9 Å². The van der Waals surface area contributed by atoms with Gasteiger partial charge in [-0.2, -0.15) is 0 Å². The molecule has 0 rings (SSSR count). The molecule has 0 unspecified atom stereocenters. The van der Waals surface area contributed by atoms with Gasteiger partial charge in [-0.25, -0.2) is 0 Å². The van der Waals surface area contributed by atoms with E-state index in [1.165, 1.54) is 154 Å². The van der Waals surface area contributed by atoms with Crippen LogP contribution < -0.4 is 0 Å². The van der Waals surface area contributed by atoms with E-state index >= 15 is 0 Å². The second kappa shape index (κ2) is 42.0. The zero-order valence-corrected chi connectivity index (χ0v) is 37.6. The van der Waals surface area contributed by atoms with Gasteiger partial charge >= 0.3 is 17.9 Å². The number of unbranched alkanes of at least 4 members (excludes halogenated alkanes) is 28. The van der Waals surface area contributed by atoms with Crippen LogP contribution in [0.4, 0.5) is 0 Å². The first-order chi connectivity index (χ1) is 26.7. The molecule has 55 heavy (non-hydrogen) atoms. The van der Waals surface area contributed by atoms with Crippen LogP contribution in [0.5, 0.6) is 0 Å². The number of hydrogen-bond acceptors (Lipinski definition) is 6. The highest BCUT2D eigenvalue weighted by molar-refractivity contribution is 5.71. The van der Waals surface area contributed by atoms with E-state index in [4.69, 9.17) is 14.2 Å². The molecular formula is C49H94O6. The van der Waals surface area contributed by atoms with Crippen LogP contribution in [0.1, 0.15) is 266 Å². The van der Waals surface area contributed by atoms with Gasteiger partial charge in [-0.15, -0.1) is 0 Å². The standard InChI is InChI=1S/C49H94O6/c1-6-7-8-9-10-17-26-31-36-41-49(52)55-46(43-54-48(51)40-35-30-25-21-16-15-19-23-28-33-38-45(4)5)42-53-47(50)39-34-29-24-20-14-12-11-13-18-22-27-32-37-44(2)3/h44-46H,6-43H2,1-5H3/t46-/m0/s1. The number of rotatable bonds is 43. The van der Waals surface area contributed by atoms with Crippen LogP contribution in [-0.4, -0.2) is 37.2 Å². The van der Waals surface area contributed by atoms with E-state index in [-0.39, 0.29) is 31.1 Å². The summed E-state index contributed by atoms with van der Waals surface area (Å²) in [4.78, 5) is 37.8. The Balaban J connectivity index is 4.27. The van der Waals surface area contributed by atoms with Crippen molar-refractivity contribution in [1.29, 1.82) is 0 Å². The molecule has 0 aliphatic rings. The molecule has 0 saturated carbocycles. The van der Waals surface area contributed by atoms with Crippen LogP contribution in [0, 0.1) is 11.8 Å². The Morgan fingerprint density at radius 1 is 0.345 bits per heavy atom. The largest absolute Gasteiger partial charge is 0.462 e. The maximum Gasteiger partial charge on any atom is 0.306 e. The number of carbonyl (C=O) groups excluding carboxylic acids is 3. The van der Waals surface area contributed by atoms with Gasteiger partial charge in [0, 0.05) is 19.3 Å². The lowest BCUT2D eigenvalue weighted by molar-refractivity contribution is -0.167. The summed E-state index contributed by atoms with van der Waals surface area (Å²) < 4.78 is 16.7. The van der Waals surface area contributed by atoms with Crippen molar-refractivity contribution in [2.45, 2.75) is 272 Å². The Bertz CT molecular complexity index is 839. The molecule has 0 aliphatic carbocycles. The smallest absolute Gasteiger partial charge is 0.306 e. The molecule has 0 aromatic heterocycles. The van der Waals surface area contributed by atoms with E-state index in [2.05, 4.69) is 34.6 Å². The molecule has 0 N–H and O–H groups in total. The first-order valence-electron chi connectivity index (χ1n) is 24.2. The maximum atomic E-state index is 12.7. The Hall–Kier alpha value is -1.59. The fourth-order valence-corrected chi connectivity index (χ4v) is 7.28. The van der Waals surface area contributed by atoms with Crippen molar-refractivity contribution in [3.05, 3.63) is 0 Å². The van der Waals surface area contributed by atoms with Crippen molar-refractivity contribution in [1.82, 2.24) is 0 Å². The molecule has 1 atom stereocenters. The third-order valence-corrected chi connectivity index (χ3v) is 11.0. The van der Waals surface area contributed by atoms with Crippen LogP contribution in [0.2, 0.25) is 0 Å². The van der Waals surface area contributed by atoms with Crippen LogP contribution in [0.15, 0.2) is 0 Å². The quantitative estimate of drug-likeness (QED) is 0.0348. The minimum absolute atomic E-state index is 0.0644. The minimum Gasteiger partial charge on any atom is -0.462 e. The average Bonchev–Trinajstić information content (AvgIpc) is 3.15. The molecule has 6 heteroatoms. The van der Waals surface area contributed by atoms with E-state index < -0.39 is 6.10 Å². The summed E-state index contributed by atoms with van der Waals surface area (Å²) in [5, 5.41) is 0. The van der Waals surface area contributed by atoms with Gasteiger partial charge in [0.1, 0.15) is 13.2 Å². The highest BCUT2D eigenvalue weighted by atomic mass is 16.6. The maximum absolute atomic E-state index is 12.7. The van der Waals surface area contributed by atoms with Crippen molar-refractivity contribution in [3.63, 3.8) is 0 Å². The molecule has 0 amide bonds. The zero-order chi connectivity index (χ0) is 40.5. The van der Waals surface area contributed by atoms with Gasteiger partial charge in [0.2, 0.25) is 0 Å². The molecule has 0 aromatic rings. The van der Waals surface area contributed by atoms with Gasteiger partial charge in [0.25, 0.3) is 0 Å². The number of hydrogen-bond donors (Lipinski definition) is 0. The fourth-order valence-electron chi connectivity index (χ4n) is 7.28. The van der Waals surface area contributed by atoms with Crippen molar-refractivity contribution in [2.75, 3.05) is 13.2 Å². The lowest BCUT2D eigenvalue weighted by Crippen LogP contribution is -2.30. The van der Waals surface area contributed by atoms with Crippen LogP contribution in [0.25, 0.3) is 0 Å². The molecule has 0 aliphatic heterocycles. The molecule has 6 nitrogen and oxygen atoms in total. The molecule has 0 spiro atoms. The van der Waals surface area contributed by atoms with Crippen LogP contribution >= 0.6 is 0 Å². The molecule has 0 aromatic carbocycles. The third kappa shape index (κ3) is 43.4. The minimum atomic E-state index is -0.760. The van der Waals surface area contributed by atoms with Gasteiger partial charge in [0.15, 0.2) is 6.10 Å². The van der Waals surface area contributed by atoms with E-state index in [1.807, 2.05) is 0 Å². The molecule has 0 fully saturated rings. The number of ether oxygens (including phenoxy) is 3. The summed E-state index contributed by atoms with van der Waals surface area (Å²) in [6.07, 6.45) is 40.9. The van der Waals surface area contributed by atoms with E-state index in [0.29, 0.717) is 19.3 Å². The van der Waals surface area contributed by atoms with Crippen molar-refractivity contribution in [3.8, 4) is 0 Å². The van der Waals surface area contributed by atoms with Gasteiger partial charge in [-0.05, 0) is 31.1 Å². The average molecular weight is 779 g/mol. The first kappa shape index (κ1) is 53.4. The lowest BCUT2D eigenvalue weighted by atomic mass is 10.0. The molecule has 0 saturated heterocycles. The Morgan fingerprint density at radius 3 is 0.891 bits per heavy atom. The molecule has 0 radical (unpaired) electrons. The Labute approximate surface area is 342 Å². The summed E-state index contributed by atoms with van der Waals surface area (Å²) in [6.45, 7) is 11.3. The number of esters is 3. The van der Waals surface area contributed by atoms with E-state index in [1.54, 1.807) is 0 Å². The predicted octanol–water partition coefficient (Wildman–Crippen LogP) is 15.4. The normalized spacial score (nSPS) is 12.1. The highest BCUT2D eigenvalue weighted by Crippen LogP contribution is 2.17. The van der Waals surface area contributed by atoms with Gasteiger partial charge in [-0.1, -0.05) is 227 Å². The summed E-state index contributed by atoms with van der Waals surface area (Å²) in [7, 11) is 0. The molecular weight excluding hydrogens is 685 g/mol. The lowest BCUT2D eigenvalue weighted by Gasteiger charge is -2.18. The summed E-state index contributed by atoms with van der Waals surface area (Å²) in [6, 6.07) is 0. The summed E-state index contributed by atoms with van der Waals surface area (Å²) >= 11 is 0. The predicted molar refractivity (Wildman–Crippen MR) is 233 cm³/mol. The van der Waals surface area contributed by atoms with E-state index in [0.717, 1.165) is 69.6 Å². The molecule has 0 bridgehead atoms. The third-order valence-electron chi connectivity index (χ3n) is 11.0. The molecule has 0 heterocycles. The number of carbonyl (C=O) groups is 3. The van der Waals surface area contributed by atoms with Crippen molar-refractivity contribution < 1.29 is 28.6 Å². The van der Waals surface area contributed by atoms with Crippen LogP contribution in [0.3, 0.4) is 0 Å². The van der Waals surface area contributed by atoms with E-state index in [9.17, 15) is 14.4 Å².